The number of rotatable bonds is 2. The monoisotopic (exact) mass is 348 g/mol. The number of ether oxygens (including phenoxy) is 1. The van der Waals surface area contributed by atoms with Crippen LogP contribution in [0.5, 0.6) is 5.75 Å². The Bertz CT molecular complexity index is 875. The van der Waals surface area contributed by atoms with Gasteiger partial charge >= 0.3 is 0 Å². The molecule has 0 radical (unpaired) electrons. The minimum atomic E-state index is -0.209. The molecule has 1 spiro atoms. The molecule has 1 saturated heterocycles. The van der Waals surface area contributed by atoms with Crippen LogP contribution < -0.4 is 10.1 Å². The number of benzene rings is 2. The molecular formula is C21H20N2O3. The van der Waals surface area contributed by atoms with E-state index >= 15 is 0 Å². The number of hydrogen-bond acceptors (Lipinski definition) is 4. The summed E-state index contributed by atoms with van der Waals surface area (Å²) in [5, 5.41) is 3.41. The molecule has 0 aromatic heterocycles. The van der Waals surface area contributed by atoms with Crippen molar-refractivity contribution < 1.29 is 14.3 Å². The van der Waals surface area contributed by atoms with Gasteiger partial charge in [0.25, 0.3) is 11.8 Å². The van der Waals surface area contributed by atoms with Crippen molar-refractivity contribution in [3.05, 3.63) is 64.7 Å². The molecule has 0 aliphatic carbocycles. The molecule has 5 heteroatoms. The summed E-state index contributed by atoms with van der Waals surface area (Å²) in [5.74, 6) is 0.524. The lowest BCUT2D eigenvalue weighted by atomic mass is 9.74. The summed E-state index contributed by atoms with van der Waals surface area (Å²) >= 11 is 0. The lowest BCUT2D eigenvalue weighted by molar-refractivity contribution is 0.0642. The van der Waals surface area contributed by atoms with Crippen molar-refractivity contribution in [2.45, 2.75) is 24.8 Å². The number of imide groups is 1. The first-order valence-electron chi connectivity index (χ1n) is 9.10. The molecule has 2 aromatic carbocycles. The number of fused-ring (bicyclic) bond motifs is 3. The molecule has 1 N–H and O–H groups in total. The van der Waals surface area contributed by atoms with Gasteiger partial charge in [-0.05, 0) is 55.8 Å². The number of carbonyl (C=O) groups excluding carboxylic acids is 2. The first kappa shape index (κ1) is 15.6. The van der Waals surface area contributed by atoms with Crippen molar-refractivity contribution in [1.82, 2.24) is 10.2 Å². The van der Waals surface area contributed by atoms with Crippen LogP contribution >= 0.6 is 0 Å². The normalized spacial score (nSPS) is 20.2. The van der Waals surface area contributed by atoms with Crippen molar-refractivity contribution in [1.29, 1.82) is 0 Å². The Morgan fingerprint density at radius 3 is 2.38 bits per heavy atom. The molecule has 0 unspecified atom stereocenters. The summed E-state index contributed by atoms with van der Waals surface area (Å²) in [6.45, 7) is 3.01. The largest absolute Gasteiger partial charge is 0.492 e. The van der Waals surface area contributed by atoms with E-state index in [2.05, 4.69) is 11.4 Å². The standard InChI is InChI=1S/C21H20N2O3/c24-19-15-3-1-2-4-16(15)20(25)23(19)12-14-5-6-18-17(11-14)21(13-26-18)7-9-22-10-8-21/h1-6,11,22H,7-10,12-13H2. The van der Waals surface area contributed by atoms with Gasteiger partial charge in [0.2, 0.25) is 0 Å². The van der Waals surface area contributed by atoms with Gasteiger partial charge in [-0.1, -0.05) is 18.2 Å². The number of carbonyl (C=O) groups is 2. The number of piperidine rings is 1. The maximum atomic E-state index is 12.6. The Labute approximate surface area is 152 Å². The quantitative estimate of drug-likeness (QED) is 0.847. The Morgan fingerprint density at radius 1 is 1.00 bits per heavy atom. The summed E-state index contributed by atoms with van der Waals surface area (Å²) in [6, 6.07) is 13.1. The summed E-state index contributed by atoms with van der Waals surface area (Å²) in [7, 11) is 0. The molecule has 132 valence electrons. The molecule has 2 amide bonds. The molecule has 3 aliphatic rings. The maximum absolute atomic E-state index is 12.6. The zero-order valence-corrected chi connectivity index (χ0v) is 14.5. The van der Waals surface area contributed by atoms with Gasteiger partial charge < -0.3 is 10.1 Å². The van der Waals surface area contributed by atoms with Gasteiger partial charge in [-0.25, -0.2) is 0 Å². The fraction of sp³-hybridized carbons (Fsp3) is 0.333. The molecular weight excluding hydrogens is 328 g/mol. The first-order chi connectivity index (χ1) is 12.7. The summed E-state index contributed by atoms with van der Waals surface area (Å²) in [4.78, 5) is 26.6. The zero-order chi connectivity index (χ0) is 17.7. The Hall–Kier alpha value is -2.66. The van der Waals surface area contributed by atoms with Gasteiger partial charge in [0.1, 0.15) is 5.75 Å². The summed E-state index contributed by atoms with van der Waals surface area (Å²) in [6.07, 6.45) is 2.10. The number of nitrogens with zero attached hydrogens (tertiary/aromatic N) is 1. The van der Waals surface area contributed by atoms with Crippen LogP contribution in [0.2, 0.25) is 0 Å². The van der Waals surface area contributed by atoms with Crippen LogP contribution in [0.4, 0.5) is 0 Å². The summed E-state index contributed by atoms with van der Waals surface area (Å²) < 4.78 is 5.93. The third-order valence-electron chi connectivity index (χ3n) is 5.90. The smallest absolute Gasteiger partial charge is 0.261 e. The topological polar surface area (TPSA) is 58.6 Å². The second kappa shape index (κ2) is 5.68. The molecule has 5 rings (SSSR count). The zero-order valence-electron chi connectivity index (χ0n) is 14.5. The van der Waals surface area contributed by atoms with Crippen molar-refractivity contribution in [2.75, 3.05) is 19.7 Å². The fourth-order valence-electron chi connectivity index (χ4n) is 4.39. The summed E-state index contributed by atoms with van der Waals surface area (Å²) in [5.41, 5.74) is 3.27. The van der Waals surface area contributed by atoms with E-state index in [0.29, 0.717) is 17.7 Å². The van der Waals surface area contributed by atoms with Crippen LogP contribution in [0.3, 0.4) is 0 Å². The molecule has 5 nitrogen and oxygen atoms in total. The predicted molar refractivity (Wildman–Crippen MR) is 96.4 cm³/mol. The predicted octanol–water partition coefficient (Wildman–Crippen LogP) is 2.50. The number of hydrogen-bond donors (Lipinski definition) is 1. The number of amides is 2. The lowest BCUT2D eigenvalue weighted by Crippen LogP contribution is -2.41. The average molecular weight is 348 g/mol. The molecule has 0 bridgehead atoms. The van der Waals surface area contributed by atoms with Crippen LogP contribution in [0.15, 0.2) is 42.5 Å². The minimum absolute atomic E-state index is 0.0680. The van der Waals surface area contributed by atoms with Crippen LogP contribution in [0.25, 0.3) is 0 Å². The minimum Gasteiger partial charge on any atom is -0.492 e. The van der Waals surface area contributed by atoms with Gasteiger partial charge in [0, 0.05) is 11.0 Å². The first-order valence-corrected chi connectivity index (χ1v) is 9.10. The van der Waals surface area contributed by atoms with Gasteiger partial charge in [-0.3, -0.25) is 14.5 Å². The highest BCUT2D eigenvalue weighted by molar-refractivity contribution is 6.21. The second-order valence-corrected chi connectivity index (χ2v) is 7.39. The second-order valence-electron chi connectivity index (χ2n) is 7.39. The van der Waals surface area contributed by atoms with Crippen molar-refractivity contribution in [3.63, 3.8) is 0 Å². The molecule has 0 saturated carbocycles. The molecule has 0 atom stereocenters. The van der Waals surface area contributed by atoms with E-state index in [4.69, 9.17) is 4.74 Å². The van der Waals surface area contributed by atoms with Gasteiger partial charge in [0.05, 0.1) is 24.3 Å². The molecule has 26 heavy (non-hydrogen) atoms. The highest BCUT2D eigenvalue weighted by Crippen LogP contribution is 2.45. The third-order valence-corrected chi connectivity index (χ3v) is 5.90. The Kier molecular flexibility index (Phi) is 3.40. The van der Waals surface area contributed by atoms with Crippen molar-refractivity contribution in [3.8, 4) is 5.75 Å². The third kappa shape index (κ3) is 2.20. The molecule has 3 heterocycles. The van der Waals surface area contributed by atoms with Crippen LogP contribution in [0, 0.1) is 0 Å². The molecule has 1 fully saturated rings. The fourth-order valence-corrected chi connectivity index (χ4v) is 4.39. The van der Waals surface area contributed by atoms with E-state index in [-0.39, 0.29) is 17.2 Å². The van der Waals surface area contributed by atoms with Crippen LogP contribution in [-0.4, -0.2) is 36.4 Å². The van der Waals surface area contributed by atoms with Crippen LogP contribution in [0.1, 0.15) is 44.7 Å². The van der Waals surface area contributed by atoms with Crippen molar-refractivity contribution >= 4 is 11.8 Å². The Balaban J connectivity index is 1.45. The van der Waals surface area contributed by atoms with E-state index in [1.165, 1.54) is 10.5 Å². The van der Waals surface area contributed by atoms with E-state index in [0.717, 1.165) is 43.9 Å². The van der Waals surface area contributed by atoms with Crippen LogP contribution in [-0.2, 0) is 12.0 Å². The molecule has 2 aromatic rings. The van der Waals surface area contributed by atoms with E-state index in [1.807, 2.05) is 12.1 Å². The van der Waals surface area contributed by atoms with E-state index < -0.39 is 0 Å². The average Bonchev–Trinajstić information content (AvgIpc) is 3.14. The van der Waals surface area contributed by atoms with E-state index in [1.54, 1.807) is 24.3 Å². The maximum Gasteiger partial charge on any atom is 0.261 e. The lowest BCUT2D eigenvalue weighted by Gasteiger charge is -2.32. The SMILES string of the molecule is O=C1c2ccccc2C(=O)N1Cc1ccc2c(c1)C1(CCNCC1)CO2. The highest BCUT2D eigenvalue weighted by Gasteiger charge is 2.42. The highest BCUT2D eigenvalue weighted by atomic mass is 16.5. The number of nitrogens with one attached hydrogen (secondary N) is 1. The van der Waals surface area contributed by atoms with Crippen molar-refractivity contribution in [2.24, 2.45) is 0 Å². The molecule has 3 aliphatic heterocycles. The van der Waals surface area contributed by atoms with Gasteiger partial charge in [0.15, 0.2) is 0 Å². The van der Waals surface area contributed by atoms with E-state index in [9.17, 15) is 9.59 Å². The Morgan fingerprint density at radius 2 is 1.69 bits per heavy atom. The van der Waals surface area contributed by atoms with Gasteiger partial charge in [-0.2, -0.15) is 0 Å². The van der Waals surface area contributed by atoms with Gasteiger partial charge in [-0.15, -0.1) is 0 Å².